The molecule has 2 aromatic heterocycles. The van der Waals surface area contributed by atoms with Gasteiger partial charge in [-0.3, -0.25) is 4.72 Å². The van der Waals surface area contributed by atoms with Crippen molar-refractivity contribution in [3.8, 4) is 11.3 Å². The second-order valence-electron chi connectivity index (χ2n) is 6.70. The van der Waals surface area contributed by atoms with E-state index in [0.29, 0.717) is 11.4 Å². The Morgan fingerprint density at radius 1 is 1.00 bits per heavy atom. The summed E-state index contributed by atoms with van der Waals surface area (Å²) in [5.74, 6) is 0. The van der Waals surface area contributed by atoms with E-state index in [0.717, 1.165) is 28.8 Å². The number of rotatable bonds is 5. The average Bonchev–Trinajstić information content (AvgIpc) is 3.14. The Kier molecular flexibility index (Phi) is 4.65. The van der Waals surface area contributed by atoms with Crippen LogP contribution in [0.4, 0.5) is 5.69 Å². The van der Waals surface area contributed by atoms with Crippen LogP contribution in [-0.4, -0.2) is 17.8 Å². The molecule has 0 fully saturated rings. The quantitative estimate of drug-likeness (QED) is 0.538. The Balaban J connectivity index is 1.73. The van der Waals surface area contributed by atoms with Gasteiger partial charge in [-0.15, -0.1) is 0 Å². The minimum Gasteiger partial charge on any atom is -0.306 e. The molecule has 142 valence electrons. The Morgan fingerprint density at radius 3 is 2.46 bits per heavy atom. The predicted octanol–water partition coefficient (Wildman–Crippen LogP) is 4.67. The number of pyridine rings is 1. The minimum absolute atomic E-state index is 0.241. The summed E-state index contributed by atoms with van der Waals surface area (Å²) in [6, 6.07) is 18.2. The molecule has 5 nitrogen and oxygen atoms in total. The highest BCUT2D eigenvalue weighted by molar-refractivity contribution is 7.92. The van der Waals surface area contributed by atoms with Crippen molar-refractivity contribution in [2.45, 2.75) is 25.2 Å². The fourth-order valence-corrected chi connectivity index (χ4v) is 4.27. The number of nitrogens with one attached hydrogen (secondary N) is 1. The Labute approximate surface area is 164 Å². The van der Waals surface area contributed by atoms with E-state index in [2.05, 4.69) is 4.72 Å². The van der Waals surface area contributed by atoms with Crippen LogP contribution in [-0.2, 0) is 16.4 Å². The van der Waals surface area contributed by atoms with Gasteiger partial charge in [0.15, 0.2) is 0 Å². The molecular weight excluding hydrogens is 370 g/mol. The molecule has 2 aromatic carbocycles. The number of sulfonamides is 1. The monoisotopic (exact) mass is 391 g/mol. The predicted molar refractivity (Wildman–Crippen MR) is 112 cm³/mol. The van der Waals surface area contributed by atoms with Gasteiger partial charge in [0.2, 0.25) is 0 Å². The van der Waals surface area contributed by atoms with Gasteiger partial charge < -0.3 is 4.40 Å². The van der Waals surface area contributed by atoms with Crippen molar-refractivity contribution in [2.24, 2.45) is 0 Å². The van der Waals surface area contributed by atoms with Gasteiger partial charge in [0.1, 0.15) is 5.65 Å². The molecule has 0 spiro atoms. The third-order valence-electron chi connectivity index (χ3n) is 4.77. The summed E-state index contributed by atoms with van der Waals surface area (Å²) in [6.45, 7) is 4.04. The molecule has 0 atom stereocenters. The lowest BCUT2D eigenvalue weighted by molar-refractivity contribution is 0.601. The first-order chi connectivity index (χ1) is 13.5. The molecule has 0 bridgehead atoms. The van der Waals surface area contributed by atoms with Crippen molar-refractivity contribution in [1.82, 2.24) is 9.38 Å². The summed E-state index contributed by atoms with van der Waals surface area (Å²) in [5, 5.41) is 0. The van der Waals surface area contributed by atoms with Gasteiger partial charge in [0.25, 0.3) is 10.0 Å². The lowest BCUT2D eigenvalue weighted by Crippen LogP contribution is -2.13. The lowest BCUT2D eigenvalue weighted by Gasteiger charge is -2.12. The number of fused-ring (bicyclic) bond motifs is 1. The topological polar surface area (TPSA) is 63.5 Å². The molecule has 4 aromatic rings. The molecule has 0 aliphatic carbocycles. The van der Waals surface area contributed by atoms with Crippen LogP contribution in [0, 0.1) is 6.92 Å². The Bertz CT molecular complexity index is 1240. The summed E-state index contributed by atoms with van der Waals surface area (Å²) >= 11 is 0. The van der Waals surface area contributed by atoms with Gasteiger partial charge in [0.05, 0.1) is 16.3 Å². The van der Waals surface area contributed by atoms with Crippen molar-refractivity contribution in [1.29, 1.82) is 0 Å². The standard InChI is InChI=1S/C22H21N3O2S/c1-3-17-10-12-18(13-11-17)28(26,27)24-20-9-5-4-8-19(20)21-15-25-14-6-7-16(2)22(25)23-21/h4-15,24H,3H2,1-2H3. The van der Waals surface area contributed by atoms with E-state index in [1.807, 2.05) is 73.1 Å². The van der Waals surface area contributed by atoms with Gasteiger partial charge in [-0.2, -0.15) is 0 Å². The van der Waals surface area contributed by atoms with Crippen molar-refractivity contribution >= 4 is 21.4 Å². The fraction of sp³-hybridized carbons (Fsp3) is 0.136. The molecule has 1 N–H and O–H groups in total. The Morgan fingerprint density at radius 2 is 1.75 bits per heavy atom. The van der Waals surface area contributed by atoms with Crippen molar-refractivity contribution < 1.29 is 8.42 Å². The van der Waals surface area contributed by atoms with Crippen LogP contribution < -0.4 is 4.72 Å². The van der Waals surface area contributed by atoms with E-state index in [1.54, 1.807) is 18.2 Å². The summed E-state index contributed by atoms with van der Waals surface area (Å²) in [6.07, 6.45) is 4.70. The molecule has 4 rings (SSSR count). The van der Waals surface area contributed by atoms with Crippen LogP contribution in [0.2, 0.25) is 0 Å². The number of hydrogen-bond acceptors (Lipinski definition) is 3. The second-order valence-corrected chi connectivity index (χ2v) is 8.38. The van der Waals surface area contributed by atoms with Gasteiger partial charge in [-0.25, -0.2) is 13.4 Å². The summed E-state index contributed by atoms with van der Waals surface area (Å²) in [5.41, 5.74) is 4.96. The zero-order valence-corrected chi connectivity index (χ0v) is 16.6. The molecule has 0 amide bonds. The SMILES string of the molecule is CCc1ccc(S(=O)(=O)Nc2ccccc2-c2cn3cccc(C)c3n2)cc1. The molecule has 0 unspecified atom stereocenters. The smallest absolute Gasteiger partial charge is 0.261 e. The summed E-state index contributed by atoms with van der Waals surface area (Å²) in [4.78, 5) is 4.94. The highest BCUT2D eigenvalue weighted by atomic mass is 32.2. The van der Waals surface area contributed by atoms with Crippen LogP contribution in [0.5, 0.6) is 0 Å². The average molecular weight is 391 g/mol. The number of aryl methyl sites for hydroxylation is 2. The summed E-state index contributed by atoms with van der Waals surface area (Å²) < 4.78 is 30.4. The molecule has 2 heterocycles. The lowest BCUT2D eigenvalue weighted by atomic mass is 10.1. The highest BCUT2D eigenvalue weighted by Crippen LogP contribution is 2.29. The number of para-hydroxylation sites is 1. The molecule has 0 aliphatic heterocycles. The molecular formula is C22H21N3O2S. The maximum atomic E-state index is 12.9. The third-order valence-corrected chi connectivity index (χ3v) is 6.15. The van der Waals surface area contributed by atoms with E-state index < -0.39 is 10.0 Å². The number of anilines is 1. The van der Waals surface area contributed by atoms with Gasteiger partial charge in [0, 0.05) is 18.0 Å². The third kappa shape index (κ3) is 3.39. The Hall–Kier alpha value is -3.12. The molecule has 0 saturated heterocycles. The van der Waals surface area contributed by atoms with E-state index in [-0.39, 0.29) is 4.90 Å². The number of nitrogens with zero attached hydrogens (tertiary/aromatic N) is 2. The van der Waals surface area contributed by atoms with E-state index in [4.69, 9.17) is 4.98 Å². The maximum Gasteiger partial charge on any atom is 0.261 e. The molecule has 0 radical (unpaired) electrons. The van der Waals surface area contributed by atoms with Crippen LogP contribution in [0.15, 0.2) is 78.0 Å². The largest absolute Gasteiger partial charge is 0.306 e. The van der Waals surface area contributed by atoms with Crippen molar-refractivity contribution in [3.05, 3.63) is 84.2 Å². The van der Waals surface area contributed by atoms with Gasteiger partial charge in [-0.1, -0.05) is 43.3 Å². The van der Waals surface area contributed by atoms with E-state index in [9.17, 15) is 8.42 Å². The zero-order valence-electron chi connectivity index (χ0n) is 15.8. The molecule has 6 heteroatoms. The van der Waals surface area contributed by atoms with Crippen LogP contribution in [0.1, 0.15) is 18.1 Å². The van der Waals surface area contributed by atoms with E-state index in [1.165, 1.54) is 0 Å². The first kappa shape index (κ1) is 18.3. The van der Waals surface area contributed by atoms with Crippen molar-refractivity contribution in [3.63, 3.8) is 0 Å². The number of benzene rings is 2. The zero-order chi connectivity index (χ0) is 19.7. The van der Waals surface area contributed by atoms with Gasteiger partial charge in [-0.05, 0) is 48.7 Å². The fourth-order valence-electron chi connectivity index (χ4n) is 3.19. The first-order valence-corrected chi connectivity index (χ1v) is 10.6. The van der Waals surface area contributed by atoms with E-state index >= 15 is 0 Å². The second kappa shape index (κ2) is 7.13. The first-order valence-electron chi connectivity index (χ1n) is 9.13. The normalized spacial score (nSPS) is 11.6. The van der Waals surface area contributed by atoms with Crippen molar-refractivity contribution in [2.75, 3.05) is 4.72 Å². The summed E-state index contributed by atoms with van der Waals surface area (Å²) in [7, 11) is -3.69. The maximum absolute atomic E-state index is 12.9. The minimum atomic E-state index is -3.69. The van der Waals surface area contributed by atoms with Gasteiger partial charge >= 0.3 is 0 Å². The van der Waals surface area contributed by atoms with Crippen LogP contribution >= 0.6 is 0 Å². The van der Waals surface area contributed by atoms with Crippen LogP contribution in [0.25, 0.3) is 16.9 Å². The molecule has 28 heavy (non-hydrogen) atoms. The van der Waals surface area contributed by atoms with Crippen LogP contribution in [0.3, 0.4) is 0 Å². The highest BCUT2D eigenvalue weighted by Gasteiger charge is 2.17. The number of hydrogen-bond donors (Lipinski definition) is 1. The number of aromatic nitrogens is 2. The molecule has 0 saturated carbocycles. The number of imidazole rings is 1. The molecule has 0 aliphatic rings.